The van der Waals surface area contributed by atoms with Crippen molar-refractivity contribution in [2.24, 2.45) is 11.7 Å². The highest BCUT2D eigenvalue weighted by molar-refractivity contribution is 5.78. The lowest BCUT2D eigenvalue weighted by molar-refractivity contribution is -0.128. The van der Waals surface area contributed by atoms with Gasteiger partial charge in [-0.15, -0.1) is 0 Å². The number of carbonyl (C=O) groups excluding carboxylic acids is 1. The van der Waals surface area contributed by atoms with Crippen LogP contribution in [0.5, 0.6) is 0 Å². The number of likely N-dealkylation sites (tertiary alicyclic amines) is 1. The standard InChI is InChI=1S/C17H22N2O/c1-2-5-15-11-17(20)19(12-15)13-16-7-3-6-14(10-16)8-4-9-18/h3,6-7,10,15H,2,5,9,11-13,18H2,1H3. The SMILES string of the molecule is CCCC1CC(=O)N(Cc2cccc(C#CCN)c2)C1. The summed E-state index contributed by atoms with van der Waals surface area (Å²) in [6.07, 6.45) is 3.00. The molecule has 1 heterocycles. The van der Waals surface area contributed by atoms with Gasteiger partial charge in [-0.1, -0.05) is 37.3 Å². The maximum Gasteiger partial charge on any atom is 0.223 e. The van der Waals surface area contributed by atoms with Crippen LogP contribution in [0.3, 0.4) is 0 Å². The molecule has 1 aromatic rings. The molecule has 0 aliphatic carbocycles. The van der Waals surface area contributed by atoms with Gasteiger partial charge in [0.2, 0.25) is 5.91 Å². The van der Waals surface area contributed by atoms with E-state index in [9.17, 15) is 4.79 Å². The quantitative estimate of drug-likeness (QED) is 0.852. The fraction of sp³-hybridized carbons (Fsp3) is 0.471. The first-order valence-electron chi connectivity index (χ1n) is 7.28. The van der Waals surface area contributed by atoms with Gasteiger partial charge in [0.15, 0.2) is 0 Å². The van der Waals surface area contributed by atoms with Crippen molar-refractivity contribution in [2.75, 3.05) is 13.1 Å². The van der Waals surface area contributed by atoms with Crippen LogP contribution in [0.1, 0.15) is 37.3 Å². The summed E-state index contributed by atoms with van der Waals surface area (Å²) in [6, 6.07) is 8.05. The molecule has 1 aliphatic heterocycles. The molecule has 2 rings (SSSR count). The second-order valence-electron chi connectivity index (χ2n) is 5.34. The second kappa shape index (κ2) is 7.12. The maximum absolute atomic E-state index is 12.0. The number of carbonyl (C=O) groups is 1. The van der Waals surface area contributed by atoms with E-state index in [2.05, 4.69) is 18.8 Å². The summed E-state index contributed by atoms with van der Waals surface area (Å²) in [7, 11) is 0. The van der Waals surface area contributed by atoms with E-state index < -0.39 is 0 Å². The number of benzene rings is 1. The predicted octanol–water partition coefficient (Wildman–Crippen LogP) is 2.15. The fourth-order valence-corrected chi connectivity index (χ4v) is 2.73. The third kappa shape index (κ3) is 3.85. The smallest absolute Gasteiger partial charge is 0.223 e. The summed E-state index contributed by atoms with van der Waals surface area (Å²) in [6.45, 7) is 4.13. The Kier molecular flexibility index (Phi) is 5.20. The molecular weight excluding hydrogens is 248 g/mol. The molecule has 1 fully saturated rings. The molecule has 0 aromatic heterocycles. The molecule has 1 saturated heterocycles. The van der Waals surface area contributed by atoms with Crippen LogP contribution in [-0.4, -0.2) is 23.9 Å². The lowest BCUT2D eigenvalue weighted by atomic mass is 10.0. The van der Waals surface area contributed by atoms with E-state index in [-0.39, 0.29) is 5.91 Å². The van der Waals surface area contributed by atoms with Gasteiger partial charge in [-0.05, 0) is 30.0 Å². The molecule has 1 aromatic carbocycles. The monoisotopic (exact) mass is 270 g/mol. The molecule has 20 heavy (non-hydrogen) atoms. The van der Waals surface area contributed by atoms with E-state index in [1.54, 1.807) is 0 Å². The number of nitrogens with two attached hydrogens (primary N) is 1. The van der Waals surface area contributed by atoms with Crippen molar-refractivity contribution in [2.45, 2.75) is 32.7 Å². The third-order valence-electron chi connectivity index (χ3n) is 3.63. The first kappa shape index (κ1) is 14.6. The summed E-state index contributed by atoms with van der Waals surface area (Å²) < 4.78 is 0. The topological polar surface area (TPSA) is 46.3 Å². The van der Waals surface area contributed by atoms with Gasteiger partial charge in [-0.3, -0.25) is 4.79 Å². The largest absolute Gasteiger partial charge is 0.338 e. The predicted molar refractivity (Wildman–Crippen MR) is 80.8 cm³/mol. The van der Waals surface area contributed by atoms with Crippen molar-refractivity contribution < 1.29 is 4.79 Å². The van der Waals surface area contributed by atoms with E-state index in [0.717, 1.165) is 30.5 Å². The number of hydrogen-bond acceptors (Lipinski definition) is 2. The van der Waals surface area contributed by atoms with E-state index >= 15 is 0 Å². The first-order valence-corrected chi connectivity index (χ1v) is 7.28. The maximum atomic E-state index is 12.0. The van der Waals surface area contributed by atoms with Gasteiger partial charge in [0.25, 0.3) is 0 Å². The molecule has 1 amide bonds. The van der Waals surface area contributed by atoms with Crippen LogP contribution in [0, 0.1) is 17.8 Å². The summed E-state index contributed by atoms with van der Waals surface area (Å²) >= 11 is 0. The summed E-state index contributed by atoms with van der Waals surface area (Å²) in [5.41, 5.74) is 7.48. The lowest BCUT2D eigenvalue weighted by Crippen LogP contribution is -2.24. The van der Waals surface area contributed by atoms with Crippen LogP contribution in [0.15, 0.2) is 24.3 Å². The van der Waals surface area contributed by atoms with Crippen LogP contribution in [0.4, 0.5) is 0 Å². The molecule has 0 saturated carbocycles. The highest BCUT2D eigenvalue weighted by atomic mass is 16.2. The summed E-state index contributed by atoms with van der Waals surface area (Å²) in [4.78, 5) is 14.0. The van der Waals surface area contributed by atoms with Crippen LogP contribution in [-0.2, 0) is 11.3 Å². The Hall–Kier alpha value is -1.79. The number of rotatable bonds is 4. The van der Waals surface area contributed by atoms with E-state index in [1.807, 2.05) is 29.2 Å². The van der Waals surface area contributed by atoms with Crippen molar-refractivity contribution in [3.05, 3.63) is 35.4 Å². The van der Waals surface area contributed by atoms with Gasteiger partial charge >= 0.3 is 0 Å². The Morgan fingerprint density at radius 3 is 3.05 bits per heavy atom. The van der Waals surface area contributed by atoms with E-state index in [4.69, 9.17) is 5.73 Å². The van der Waals surface area contributed by atoms with Crippen LogP contribution in [0.25, 0.3) is 0 Å². The minimum absolute atomic E-state index is 0.280. The molecule has 0 radical (unpaired) electrons. The molecule has 2 N–H and O–H groups in total. The molecule has 3 heteroatoms. The van der Waals surface area contributed by atoms with Crippen molar-refractivity contribution in [3.63, 3.8) is 0 Å². The van der Waals surface area contributed by atoms with Gasteiger partial charge in [0.1, 0.15) is 0 Å². The van der Waals surface area contributed by atoms with Gasteiger partial charge < -0.3 is 10.6 Å². The van der Waals surface area contributed by atoms with Crippen molar-refractivity contribution in [1.82, 2.24) is 4.90 Å². The van der Waals surface area contributed by atoms with Crippen molar-refractivity contribution in [3.8, 4) is 11.8 Å². The zero-order valence-electron chi connectivity index (χ0n) is 12.1. The normalized spacial score (nSPS) is 18.0. The average molecular weight is 270 g/mol. The highest BCUT2D eigenvalue weighted by Crippen LogP contribution is 2.23. The summed E-state index contributed by atoms with van der Waals surface area (Å²) in [5.74, 6) is 6.70. The molecule has 1 atom stereocenters. The zero-order valence-corrected chi connectivity index (χ0v) is 12.1. The minimum atomic E-state index is 0.280. The molecule has 3 nitrogen and oxygen atoms in total. The lowest BCUT2D eigenvalue weighted by Gasteiger charge is -2.16. The van der Waals surface area contributed by atoms with Crippen LogP contribution < -0.4 is 5.73 Å². The molecule has 106 valence electrons. The molecule has 1 aliphatic rings. The average Bonchev–Trinajstić information content (AvgIpc) is 2.77. The van der Waals surface area contributed by atoms with Crippen molar-refractivity contribution >= 4 is 5.91 Å². The number of amides is 1. The van der Waals surface area contributed by atoms with Crippen LogP contribution >= 0.6 is 0 Å². The number of hydrogen-bond donors (Lipinski definition) is 1. The molecule has 1 unspecified atom stereocenters. The first-order chi connectivity index (χ1) is 9.72. The Morgan fingerprint density at radius 2 is 2.30 bits per heavy atom. The Morgan fingerprint density at radius 1 is 1.45 bits per heavy atom. The Labute approximate surface area is 121 Å². The van der Waals surface area contributed by atoms with Crippen LogP contribution in [0.2, 0.25) is 0 Å². The Bertz CT molecular complexity index is 527. The molecule has 0 spiro atoms. The van der Waals surface area contributed by atoms with Gasteiger partial charge in [-0.25, -0.2) is 0 Å². The molecular formula is C17H22N2O. The highest BCUT2D eigenvalue weighted by Gasteiger charge is 2.28. The minimum Gasteiger partial charge on any atom is -0.338 e. The Balaban J connectivity index is 2.01. The fourth-order valence-electron chi connectivity index (χ4n) is 2.73. The van der Waals surface area contributed by atoms with Gasteiger partial charge in [0, 0.05) is 25.1 Å². The second-order valence-corrected chi connectivity index (χ2v) is 5.34. The third-order valence-corrected chi connectivity index (χ3v) is 3.63. The number of nitrogens with zero attached hydrogens (tertiary/aromatic N) is 1. The summed E-state index contributed by atoms with van der Waals surface area (Å²) in [5, 5.41) is 0. The van der Waals surface area contributed by atoms with Gasteiger partial charge in [0.05, 0.1) is 6.54 Å². The van der Waals surface area contributed by atoms with E-state index in [1.165, 1.54) is 0 Å². The van der Waals surface area contributed by atoms with Gasteiger partial charge in [-0.2, -0.15) is 0 Å². The van der Waals surface area contributed by atoms with E-state index in [0.29, 0.717) is 25.4 Å². The molecule has 0 bridgehead atoms. The van der Waals surface area contributed by atoms with Crippen molar-refractivity contribution in [1.29, 1.82) is 0 Å². The zero-order chi connectivity index (χ0) is 14.4.